The molecule has 0 heterocycles. The van der Waals surface area contributed by atoms with E-state index in [1.54, 1.807) is 18.2 Å². The van der Waals surface area contributed by atoms with Crippen LogP contribution in [0.4, 0.5) is 4.39 Å². The smallest absolute Gasteiger partial charge is 0.124 e. The molecule has 0 saturated carbocycles. The van der Waals surface area contributed by atoms with Crippen molar-refractivity contribution in [3.05, 3.63) is 63.9 Å². The van der Waals surface area contributed by atoms with Gasteiger partial charge in [-0.15, -0.1) is 0 Å². The van der Waals surface area contributed by atoms with E-state index in [1.165, 1.54) is 12.1 Å². The van der Waals surface area contributed by atoms with Crippen LogP contribution < -0.4 is 5.32 Å². The monoisotopic (exact) mass is 309 g/mol. The molecule has 0 amide bonds. The third-order valence-electron chi connectivity index (χ3n) is 2.60. The summed E-state index contributed by atoms with van der Waals surface area (Å²) in [7, 11) is 0. The molecule has 0 aliphatic carbocycles. The van der Waals surface area contributed by atoms with Gasteiger partial charge >= 0.3 is 0 Å². The van der Waals surface area contributed by atoms with Crippen molar-refractivity contribution in [1.82, 2.24) is 5.32 Å². The molecule has 0 fully saturated rings. The summed E-state index contributed by atoms with van der Waals surface area (Å²) in [4.78, 5) is 0. The molecule has 0 aliphatic rings. The molecule has 0 atom stereocenters. The van der Waals surface area contributed by atoms with E-state index in [9.17, 15) is 4.39 Å². The van der Waals surface area contributed by atoms with Gasteiger partial charge in [0.1, 0.15) is 11.6 Å². The van der Waals surface area contributed by atoms with E-state index in [2.05, 4.69) is 21.2 Å². The number of phenols is 1. The van der Waals surface area contributed by atoms with E-state index in [1.807, 2.05) is 12.1 Å². The van der Waals surface area contributed by atoms with Gasteiger partial charge in [-0.05, 0) is 35.4 Å². The van der Waals surface area contributed by atoms with Crippen LogP contribution in [0.5, 0.6) is 5.75 Å². The molecule has 4 heteroatoms. The normalized spacial score (nSPS) is 10.6. The van der Waals surface area contributed by atoms with Gasteiger partial charge in [-0.3, -0.25) is 0 Å². The predicted molar refractivity (Wildman–Crippen MR) is 72.8 cm³/mol. The molecule has 2 nitrogen and oxygen atoms in total. The molecule has 2 aromatic rings. The van der Waals surface area contributed by atoms with Gasteiger partial charge in [-0.25, -0.2) is 4.39 Å². The number of benzene rings is 2. The lowest BCUT2D eigenvalue weighted by Gasteiger charge is -2.07. The van der Waals surface area contributed by atoms with Crippen LogP contribution in [0, 0.1) is 5.82 Å². The van der Waals surface area contributed by atoms with E-state index in [0.717, 1.165) is 15.6 Å². The first-order valence-electron chi connectivity index (χ1n) is 5.58. The second kappa shape index (κ2) is 5.98. The lowest BCUT2D eigenvalue weighted by Crippen LogP contribution is -2.12. The first-order chi connectivity index (χ1) is 8.65. The molecule has 94 valence electrons. The van der Waals surface area contributed by atoms with Crippen molar-refractivity contribution in [3.8, 4) is 5.75 Å². The van der Waals surface area contributed by atoms with E-state index in [-0.39, 0.29) is 11.6 Å². The van der Waals surface area contributed by atoms with E-state index >= 15 is 0 Å². The number of phenolic OH excluding ortho intramolecular Hbond substituents is 1. The number of rotatable bonds is 4. The summed E-state index contributed by atoms with van der Waals surface area (Å²) < 4.78 is 13.7. The SMILES string of the molecule is Oc1ccc(CNCc2ccc(F)cc2Br)cc1. The molecular formula is C14H13BrFNO. The molecule has 0 bridgehead atoms. The maximum atomic E-state index is 12.9. The van der Waals surface area contributed by atoms with Gasteiger partial charge in [0.15, 0.2) is 0 Å². The van der Waals surface area contributed by atoms with Crippen LogP contribution in [-0.2, 0) is 13.1 Å². The van der Waals surface area contributed by atoms with Crippen LogP contribution in [0.2, 0.25) is 0 Å². The largest absolute Gasteiger partial charge is 0.508 e. The van der Waals surface area contributed by atoms with Gasteiger partial charge in [-0.1, -0.05) is 34.1 Å². The topological polar surface area (TPSA) is 32.3 Å². The fourth-order valence-corrected chi connectivity index (χ4v) is 2.11. The number of hydrogen-bond acceptors (Lipinski definition) is 2. The molecule has 0 aliphatic heterocycles. The fourth-order valence-electron chi connectivity index (χ4n) is 1.62. The molecule has 0 unspecified atom stereocenters. The number of aromatic hydroxyl groups is 1. The van der Waals surface area contributed by atoms with E-state index in [4.69, 9.17) is 5.11 Å². The summed E-state index contributed by atoms with van der Waals surface area (Å²) in [6.07, 6.45) is 0. The molecule has 2 aromatic carbocycles. The Hall–Kier alpha value is -1.39. The Bertz CT molecular complexity index is 528. The summed E-state index contributed by atoms with van der Waals surface area (Å²) in [5.74, 6) is 0.0178. The van der Waals surface area contributed by atoms with Crippen molar-refractivity contribution >= 4 is 15.9 Å². The minimum Gasteiger partial charge on any atom is -0.508 e. The molecule has 0 aromatic heterocycles. The Morgan fingerprint density at radius 2 is 1.78 bits per heavy atom. The van der Waals surface area contributed by atoms with Gasteiger partial charge in [0, 0.05) is 17.6 Å². The average Bonchev–Trinajstić information content (AvgIpc) is 2.34. The predicted octanol–water partition coefficient (Wildman–Crippen LogP) is 3.58. The fraction of sp³-hybridized carbons (Fsp3) is 0.143. The standard InChI is InChI=1S/C14H13BrFNO/c15-14-7-12(16)4-3-11(14)9-17-8-10-1-5-13(18)6-2-10/h1-7,17-18H,8-9H2. The zero-order valence-electron chi connectivity index (χ0n) is 9.66. The van der Waals surface area contributed by atoms with Crippen LogP contribution >= 0.6 is 15.9 Å². The van der Waals surface area contributed by atoms with Gasteiger partial charge in [0.2, 0.25) is 0 Å². The second-order valence-electron chi connectivity index (χ2n) is 4.01. The van der Waals surface area contributed by atoms with Crippen molar-refractivity contribution in [2.24, 2.45) is 0 Å². The highest BCUT2D eigenvalue weighted by molar-refractivity contribution is 9.10. The zero-order chi connectivity index (χ0) is 13.0. The van der Waals surface area contributed by atoms with Gasteiger partial charge in [0.05, 0.1) is 0 Å². The third kappa shape index (κ3) is 3.55. The molecule has 2 N–H and O–H groups in total. The number of hydrogen-bond donors (Lipinski definition) is 2. The Kier molecular flexibility index (Phi) is 4.33. The number of halogens is 2. The van der Waals surface area contributed by atoms with E-state index in [0.29, 0.717) is 13.1 Å². The molecule has 18 heavy (non-hydrogen) atoms. The van der Waals surface area contributed by atoms with Crippen molar-refractivity contribution in [2.45, 2.75) is 13.1 Å². The summed E-state index contributed by atoms with van der Waals surface area (Å²) in [6, 6.07) is 11.7. The third-order valence-corrected chi connectivity index (χ3v) is 3.33. The minimum absolute atomic E-state index is 0.246. The van der Waals surface area contributed by atoms with Crippen LogP contribution in [0.1, 0.15) is 11.1 Å². The van der Waals surface area contributed by atoms with E-state index < -0.39 is 0 Å². The summed E-state index contributed by atoms with van der Waals surface area (Å²) >= 11 is 3.33. The maximum Gasteiger partial charge on any atom is 0.124 e. The first-order valence-corrected chi connectivity index (χ1v) is 6.37. The molecule has 0 radical (unpaired) electrons. The number of nitrogens with one attached hydrogen (secondary N) is 1. The molecule has 2 rings (SSSR count). The molecule has 0 saturated heterocycles. The summed E-state index contributed by atoms with van der Waals surface area (Å²) in [5.41, 5.74) is 2.10. The summed E-state index contributed by atoms with van der Waals surface area (Å²) in [5, 5.41) is 12.4. The van der Waals surface area contributed by atoms with Crippen LogP contribution in [0.3, 0.4) is 0 Å². The van der Waals surface area contributed by atoms with Crippen molar-refractivity contribution in [2.75, 3.05) is 0 Å². The van der Waals surface area contributed by atoms with Crippen molar-refractivity contribution in [3.63, 3.8) is 0 Å². The van der Waals surface area contributed by atoms with Gasteiger partial charge in [0.25, 0.3) is 0 Å². The van der Waals surface area contributed by atoms with Gasteiger partial charge in [-0.2, -0.15) is 0 Å². The quantitative estimate of drug-likeness (QED) is 0.904. The highest BCUT2D eigenvalue weighted by Gasteiger charge is 2.01. The second-order valence-corrected chi connectivity index (χ2v) is 4.86. The molecule has 0 spiro atoms. The highest BCUT2D eigenvalue weighted by atomic mass is 79.9. The summed E-state index contributed by atoms with van der Waals surface area (Å²) in [6.45, 7) is 1.35. The Morgan fingerprint density at radius 3 is 2.44 bits per heavy atom. The Labute approximate surface area is 114 Å². The lowest BCUT2D eigenvalue weighted by molar-refractivity contribution is 0.475. The van der Waals surface area contributed by atoms with Crippen LogP contribution in [0.15, 0.2) is 46.9 Å². The lowest BCUT2D eigenvalue weighted by atomic mass is 10.2. The first kappa shape index (κ1) is 13.1. The Morgan fingerprint density at radius 1 is 1.06 bits per heavy atom. The minimum atomic E-state index is -0.246. The zero-order valence-corrected chi connectivity index (χ0v) is 11.2. The average molecular weight is 310 g/mol. The Balaban J connectivity index is 1.90. The van der Waals surface area contributed by atoms with Crippen LogP contribution in [0.25, 0.3) is 0 Å². The highest BCUT2D eigenvalue weighted by Crippen LogP contribution is 2.18. The van der Waals surface area contributed by atoms with Crippen molar-refractivity contribution in [1.29, 1.82) is 0 Å². The molecular weight excluding hydrogens is 297 g/mol. The van der Waals surface area contributed by atoms with Gasteiger partial charge < -0.3 is 10.4 Å². The maximum absolute atomic E-state index is 12.9. The van der Waals surface area contributed by atoms with Crippen LogP contribution in [-0.4, -0.2) is 5.11 Å². The van der Waals surface area contributed by atoms with Crippen molar-refractivity contribution < 1.29 is 9.50 Å².